The third-order valence-corrected chi connectivity index (χ3v) is 2.95. The fourth-order valence-electron chi connectivity index (χ4n) is 1.76. The molecule has 1 aliphatic rings. The van der Waals surface area contributed by atoms with Gasteiger partial charge in [0, 0.05) is 37.7 Å². The third kappa shape index (κ3) is 5.13. The van der Waals surface area contributed by atoms with Gasteiger partial charge in [0.1, 0.15) is 12.4 Å². The van der Waals surface area contributed by atoms with Crippen molar-refractivity contribution in [3.8, 4) is 5.75 Å². The molecule has 0 spiro atoms. The number of rotatable bonds is 4. The van der Waals surface area contributed by atoms with Crippen molar-refractivity contribution < 1.29 is 17.1 Å². The highest BCUT2D eigenvalue weighted by atomic mass is 35.5. The first-order valence-electron chi connectivity index (χ1n) is 5.66. The number of hydrogen-bond acceptors (Lipinski definition) is 3. The van der Waals surface area contributed by atoms with Gasteiger partial charge in [-0.15, -0.1) is 0 Å². The lowest BCUT2D eigenvalue weighted by atomic mass is 10.3. The average Bonchev–Trinajstić information content (AvgIpc) is 2.33. The Morgan fingerprint density at radius 1 is 1.18 bits per heavy atom. The zero-order valence-electron chi connectivity index (χ0n) is 9.66. The quantitative estimate of drug-likeness (QED) is 0.734. The van der Waals surface area contributed by atoms with Crippen LogP contribution in [0, 0.1) is 0 Å². The van der Waals surface area contributed by atoms with Crippen molar-refractivity contribution >= 4 is 11.6 Å². The highest BCUT2D eigenvalue weighted by Crippen LogP contribution is 2.15. The molecule has 1 N–H and O–H groups in total. The maximum absolute atomic E-state index is 5.80. The number of benzene rings is 1. The fourth-order valence-corrected chi connectivity index (χ4v) is 1.88. The van der Waals surface area contributed by atoms with Crippen LogP contribution in [-0.2, 0) is 0 Å². The van der Waals surface area contributed by atoms with E-state index in [9.17, 15) is 0 Å². The summed E-state index contributed by atoms with van der Waals surface area (Å²) in [5.41, 5.74) is 0. The van der Waals surface area contributed by atoms with Gasteiger partial charge >= 0.3 is 0 Å². The fraction of sp³-hybridized carbons (Fsp3) is 0.500. The SMILES string of the molecule is Clc1ccc(OCCN2CCNCC2)cc1.[Cl-]. The highest BCUT2D eigenvalue weighted by Gasteiger charge is 2.08. The summed E-state index contributed by atoms with van der Waals surface area (Å²) < 4.78 is 5.64. The molecular weight excluding hydrogens is 259 g/mol. The molecule has 5 heteroatoms. The largest absolute Gasteiger partial charge is 1.00 e. The summed E-state index contributed by atoms with van der Waals surface area (Å²) in [5.74, 6) is 0.888. The van der Waals surface area contributed by atoms with Gasteiger partial charge in [-0.3, -0.25) is 4.90 Å². The minimum absolute atomic E-state index is 0. The van der Waals surface area contributed by atoms with Crippen LogP contribution in [0.25, 0.3) is 0 Å². The van der Waals surface area contributed by atoms with E-state index >= 15 is 0 Å². The van der Waals surface area contributed by atoms with Gasteiger partial charge in [0.2, 0.25) is 0 Å². The zero-order valence-corrected chi connectivity index (χ0v) is 11.2. The van der Waals surface area contributed by atoms with E-state index in [0.29, 0.717) is 0 Å². The molecule has 1 aromatic rings. The van der Waals surface area contributed by atoms with Crippen LogP contribution in [0.3, 0.4) is 0 Å². The Morgan fingerprint density at radius 3 is 2.47 bits per heavy atom. The first-order valence-corrected chi connectivity index (χ1v) is 6.04. The van der Waals surface area contributed by atoms with Gasteiger partial charge < -0.3 is 22.5 Å². The van der Waals surface area contributed by atoms with Crippen LogP contribution in [0.4, 0.5) is 0 Å². The molecule has 0 saturated carbocycles. The Balaban J connectivity index is 0.00000144. The van der Waals surface area contributed by atoms with E-state index in [1.54, 1.807) is 0 Å². The summed E-state index contributed by atoms with van der Waals surface area (Å²) in [6.07, 6.45) is 0. The van der Waals surface area contributed by atoms with Crippen LogP contribution in [0.1, 0.15) is 0 Å². The Bertz CT molecular complexity index is 313. The van der Waals surface area contributed by atoms with Gasteiger partial charge in [0.05, 0.1) is 0 Å². The molecule has 1 aliphatic heterocycles. The van der Waals surface area contributed by atoms with E-state index in [0.717, 1.165) is 50.1 Å². The van der Waals surface area contributed by atoms with Crippen molar-refractivity contribution in [3.63, 3.8) is 0 Å². The first kappa shape index (κ1) is 14.6. The summed E-state index contributed by atoms with van der Waals surface area (Å²) in [6.45, 7) is 6.13. The van der Waals surface area contributed by atoms with E-state index in [2.05, 4.69) is 10.2 Å². The molecule has 96 valence electrons. The number of nitrogens with one attached hydrogen (secondary N) is 1. The molecule has 0 aromatic heterocycles. The summed E-state index contributed by atoms with van der Waals surface area (Å²) in [4.78, 5) is 2.41. The van der Waals surface area contributed by atoms with E-state index in [-0.39, 0.29) is 12.4 Å². The first-order chi connectivity index (χ1) is 7.84. The lowest BCUT2D eigenvalue weighted by molar-refractivity contribution is -0.00000373. The van der Waals surface area contributed by atoms with Gasteiger partial charge in [-0.1, -0.05) is 11.6 Å². The van der Waals surface area contributed by atoms with Gasteiger partial charge in [-0.05, 0) is 24.3 Å². The van der Waals surface area contributed by atoms with Crippen molar-refractivity contribution in [2.75, 3.05) is 39.3 Å². The minimum atomic E-state index is 0. The van der Waals surface area contributed by atoms with Crippen molar-refractivity contribution in [1.82, 2.24) is 10.2 Å². The molecule has 2 rings (SSSR count). The van der Waals surface area contributed by atoms with E-state index in [1.807, 2.05) is 24.3 Å². The monoisotopic (exact) mass is 275 g/mol. The maximum Gasteiger partial charge on any atom is 0.119 e. The van der Waals surface area contributed by atoms with Crippen molar-refractivity contribution in [2.24, 2.45) is 0 Å². The standard InChI is InChI=1S/C12H17ClN2O.ClH/c13-11-1-3-12(4-2-11)16-10-9-15-7-5-14-6-8-15;/h1-4,14H,5-10H2;1H/p-1. The minimum Gasteiger partial charge on any atom is -1.00 e. The van der Waals surface area contributed by atoms with E-state index in [1.165, 1.54) is 0 Å². The molecule has 1 fully saturated rings. The van der Waals surface area contributed by atoms with E-state index < -0.39 is 0 Å². The molecule has 1 heterocycles. The van der Waals surface area contributed by atoms with Gasteiger partial charge in [0.15, 0.2) is 0 Å². The summed E-state index contributed by atoms with van der Waals surface area (Å²) in [7, 11) is 0. The van der Waals surface area contributed by atoms with Crippen LogP contribution in [0.2, 0.25) is 5.02 Å². The predicted octanol–water partition coefficient (Wildman–Crippen LogP) is -1.37. The summed E-state index contributed by atoms with van der Waals surface area (Å²) >= 11 is 5.80. The van der Waals surface area contributed by atoms with Crippen LogP contribution < -0.4 is 22.5 Å². The Labute approximate surface area is 113 Å². The van der Waals surface area contributed by atoms with Crippen LogP contribution >= 0.6 is 11.6 Å². The molecule has 0 unspecified atom stereocenters. The Hall–Kier alpha value is -0.480. The van der Waals surface area contributed by atoms with Gasteiger partial charge in [0.25, 0.3) is 0 Å². The van der Waals surface area contributed by atoms with Crippen LogP contribution in [0.15, 0.2) is 24.3 Å². The molecule has 0 atom stereocenters. The highest BCUT2D eigenvalue weighted by molar-refractivity contribution is 6.30. The lowest BCUT2D eigenvalue weighted by Gasteiger charge is -2.26. The molecule has 0 amide bonds. The molecule has 1 saturated heterocycles. The molecule has 1 aromatic carbocycles. The Morgan fingerprint density at radius 2 is 1.82 bits per heavy atom. The second-order valence-corrected chi connectivity index (χ2v) is 4.33. The van der Waals surface area contributed by atoms with Gasteiger partial charge in [-0.2, -0.15) is 0 Å². The van der Waals surface area contributed by atoms with Crippen LogP contribution in [-0.4, -0.2) is 44.2 Å². The molecule has 0 bridgehead atoms. The molecule has 3 nitrogen and oxygen atoms in total. The normalized spacial score (nSPS) is 16.3. The van der Waals surface area contributed by atoms with E-state index in [4.69, 9.17) is 16.3 Å². The number of nitrogens with zero attached hydrogens (tertiary/aromatic N) is 1. The maximum atomic E-state index is 5.80. The topological polar surface area (TPSA) is 24.5 Å². The van der Waals surface area contributed by atoms with Crippen molar-refractivity contribution in [1.29, 1.82) is 0 Å². The predicted molar refractivity (Wildman–Crippen MR) is 66.3 cm³/mol. The van der Waals surface area contributed by atoms with Crippen LogP contribution in [0.5, 0.6) is 5.75 Å². The third-order valence-electron chi connectivity index (χ3n) is 2.70. The smallest absolute Gasteiger partial charge is 0.119 e. The second-order valence-electron chi connectivity index (χ2n) is 3.89. The number of piperazine rings is 1. The van der Waals surface area contributed by atoms with Gasteiger partial charge in [-0.25, -0.2) is 0 Å². The molecule has 17 heavy (non-hydrogen) atoms. The number of ether oxygens (including phenoxy) is 1. The number of halogens is 2. The summed E-state index contributed by atoms with van der Waals surface area (Å²) in [5, 5.41) is 4.08. The zero-order chi connectivity index (χ0) is 11.2. The number of hydrogen-bond donors (Lipinski definition) is 1. The molecule has 0 aliphatic carbocycles. The van der Waals surface area contributed by atoms with Crippen molar-refractivity contribution in [2.45, 2.75) is 0 Å². The molecule has 0 radical (unpaired) electrons. The Kier molecular flexibility index (Phi) is 6.66. The average molecular weight is 276 g/mol. The molecular formula is C12H17Cl2N2O-. The second kappa shape index (κ2) is 7.77. The van der Waals surface area contributed by atoms with Crippen molar-refractivity contribution in [3.05, 3.63) is 29.3 Å². The summed E-state index contributed by atoms with van der Waals surface area (Å²) in [6, 6.07) is 7.50. The lowest BCUT2D eigenvalue weighted by Crippen LogP contribution is -3.00.